The van der Waals surface area contributed by atoms with Crippen molar-refractivity contribution in [3.05, 3.63) is 0 Å². The lowest BCUT2D eigenvalue weighted by Gasteiger charge is -2.29. The molecule has 0 aromatic heterocycles. The van der Waals surface area contributed by atoms with Crippen LogP contribution in [0.5, 0.6) is 0 Å². The standard InChI is InChI=1S/C9H18OS/c1-2-6-11-7-9(10)8-4-3-5-8/h8-10H,2-7H2,1H3. The first kappa shape index (κ1) is 9.40. The summed E-state index contributed by atoms with van der Waals surface area (Å²) in [7, 11) is 0. The average molecular weight is 174 g/mol. The van der Waals surface area contributed by atoms with Crippen LogP contribution in [-0.2, 0) is 0 Å². The van der Waals surface area contributed by atoms with E-state index in [1.165, 1.54) is 31.4 Å². The molecule has 0 aromatic carbocycles. The summed E-state index contributed by atoms with van der Waals surface area (Å²) in [5, 5.41) is 9.57. The van der Waals surface area contributed by atoms with Crippen molar-refractivity contribution in [3.8, 4) is 0 Å². The summed E-state index contributed by atoms with van der Waals surface area (Å²) in [5.41, 5.74) is 0. The first-order chi connectivity index (χ1) is 5.34. The lowest BCUT2D eigenvalue weighted by atomic mass is 9.82. The Morgan fingerprint density at radius 1 is 1.55 bits per heavy atom. The Hall–Kier alpha value is 0.310. The fraction of sp³-hybridized carbons (Fsp3) is 1.00. The smallest absolute Gasteiger partial charge is 0.0658 e. The molecule has 0 bridgehead atoms. The molecule has 1 rings (SSSR count). The molecule has 2 heteroatoms. The molecule has 1 unspecified atom stereocenters. The zero-order valence-electron chi connectivity index (χ0n) is 7.25. The van der Waals surface area contributed by atoms with Crippen LogP contribution in [0.15, 0.2) is 0 Å². The Morgan fingerprint density at radius 3 is 2.73 bits per heavy atom. The van der Waals surface area contributed by atoms with Crippen LogP contribution in [0.25, 0.3) is 0 Å². The molecule has 0 aliphatic heterocycles. The van der Waals surface area contributed by atoms with Gasteiger partial charge in [-0.25, -0.2) is 0 Å². The van der Waals surface area contributed by atoms with E-state index in [9.17, 15) is 5.11 Å². The second-order valence-electron chi connectivity index (χ2n) is 3.33. The van der Waals surface area contributed by atoms with Crippen LogP contribution in [0.3, 0.4) is 0 Å². The van der Waals surface area contributed by atoms with Gasteiger partial charge in [-0.2, -0.15) is 11.8 Å². The van der Waals surface area contributed by atoms with E-state index in [1.807, 2.05) is 11.8 Å². The molecular weight excluding hydrogens is 156 g/mol. The molecule has 0 aromatic rings. The highest BCUT2D eigenvalue weighted by Gasteiger charge is 2.24. The second-order valence-corrected chi connectivity index (χ2v) is 4.48. The molecule has 1 aliphatic rings. The number of thioether (sulfide) groups is 1. The molecular formula is C9H18OS. The summed E-state index contributed by atoms with van der Waals surface area (Å²) < 4.78 is 0. The van der Waals surface area contributed by atoms with Gasteiger partial charge in [0.05, 0.1) is 6.10 Å². The van der Waals surface area contributed by atoms with E-state index in [4.69, 9.17) is 0 Å². The molecule has 1 atom stereocenters. The predicted octanol–water partition coefficient (Wildman–Crippen LogP) is 2.29. The second kappa shape index (κ2) is 5.04. The Balaban J connectivity index is 1.96. The van der Waals surface area contributed by atoms with Crippen LogP contribution >= 0.6 is 11.8 Å². The SMILES string of the molecule is CCCSCC(O)C1CCC1. The van der Waals surface area contributed by atoms with E-state index in [2.05, 4.69) is 6.92 Å². The highest BCUT2D eigenvalue weighted by molar-refractivity contribution is 7.99. The summed E-state index contributed by atoms with van der Waals surface area (Å²) in [6.45, 7) is 2.18. The normalized spacial score (nSPS) is 21.3. The van der Waals surface area contributed by atoms with Gasteiger partial charge in [0.1, 0.15) is 0 Å². The number of aliphatic hydroxyl groups is 1. The van der Waals surface area contributed by atoms with Crippen LogP contribution in [0, 0.1) is 5.92 Å². The molecule has 0 radical (unpaired) electrons. The molecule has 1 N–H and O–H groups in total. The number of aliphatic hydroxyl groups excluding tert-OH is 1. The van der Waals surface area contributed by atoms with Gasteiger partial charge in [-0.15, -0.1) is 0 Å². The van der Waals surface area contributed by atoms with Gasteiger partial charge in [-0.1, -0.05) is 13.3 Å². The maximum absolute atomic E-state index is 9.57. The summed E-state index contributed by atoms with van der Waals surface area (Å²) >= 11 is 1.89. The molecule has 11 heavy (non-hydrogen) atoms. The van der Waals surface area contributed by atoms with E-state index < -0.39 is 0 Å². The van der Waals surface area contributed by atoms with Gasteiger partial charge in [0.15, 0.2) is 0 Å². The highest BCUT2D eigenvalue weighted by Crippen LogP contribution is 2.30. The lowest BCUT2D eigenvalue weighted by Crippen LogP contribution is -2.28. The van der Waals surface area contributed by atoms with Gasteiger partial charge in [0.2, 0.25) is 0 Å². The van der Waals surface area contributed by atoms with Crippen molar-refractivity contribution >= 4 is 11.8 Å². The van der Waals surface area contributed by atoms with Crippen LogP contribution in [0.4, 0.5) is 0 Å². The molecule has 1 aliphatic carbocycles. The number of rotatable bonds is 5. The third-order valence-electron chi connectivity index (χ3n) is 2.33. The molecule has 0 spiro atoms. The number of hydrogen-bond acceptors (Lipinski definition) is 2. The van der Waals surface area contributed by atoms with Crippen molar-refractivity contribution in [3.63, 3.8) is 0 Å². The molecule has 0 heterocycles. The van der Waals surface area contributed by atoms with E-state index in [1.54, 1.807) is 0 Å². The lowest BCUT2D eigenvalue weighted by molar-refractivity contribution is 0.0817. The monoisotopic (exact) mass is 174 g/mol. The van der Waals surface area contributed by atoms with E-state index in [0.29, 0.717) is 5.92 Å². The molecule has 66 valence electrons. The Morgan fingerprint density at radius 2 is 2.27 bits per heavy atom. The van der Waals surface area contributed by atoms with Crippen molar-refractivity contribution in [2.75, 3.05) is 11.5 Å². The van der Waals surface area contributed by atoms with E-state index >= 15 is 0 Å². The maximum Gasteiger partial charge on any atom is 0.0658 e. The minimum atomic E-state index is -0.0136. The fourth-order valence-electron chi connectivity index (χ4n) is 1.31. The molecule has 1 saturated carbocycles. The van der Waals surface area contributed by atoms with Gasteiger partial charge in [0, 0.05) is 5.75 Å². The van der Waals surface area contributed by atoms with Crippen LogP contribution in [0.2, 0.25) is 0 Å². The molecule has 1 nitrogen and oxygen atoms in total. The van der Waals surface area contributed by atoms with E-state index in [0.717, 1.165) is 5.75 Å². The topological polar surface area (TPSA) is 20.2 Å². The quantitative estimate of drug-likeness (QED) is 0.645. The van der Waals surface area contributed by atoms with Gasteiger partial charge >= 0.3 is 0 Å². The minimum Gasteiger partial charge on any atom is -0.392 e. The van der Waals surface area contributed by atoms with Crippen molar-refractivity contribution in [1.82, 2.24) is 0 Å². The third-order valence-corrected chi connectivity index (χ3v) is 3.61. The van der Waals surface area contributed by atoms with Gasteiger partial charge in [-0.3, -0.25) is 0 Å². The van der Waals surface area contributed by atoms with Crippen molar-refractivity contribution in [2.24, 2.45) is 5.92 Å². The average Bonchev–Trinajstić information content (AvgIpc) is 1.84. The first-order valence-corrected chi connectivity index (χ1v) is 5.76. The first-order valence-electron chi connectivity index (χ1n) is 4.60. The minimum absolute atomic E-state index is 0.0136. The van der Waals surface area contributed by atoms with Crippen LogP contribution in [0.1, 0.15) is 32.6 Å². The Bertz CT molecular complexity index is 102. The Kier molecular flexibility index (Phi) is 4.31. The Labute approximate surface area is 73.6 Å². The van der Waals surface area contributed by atoms with Crippen molar-refractivity contribution in [2.45, 2.75) is 38.7 Å². The van der Waals surface area contributed by atoms with Crippen molar-refractivity contribution < 1.29 is 5.11 Å². The zero-order valence-corrected chi connectivity index (χ0v) is 8.07. The summed E-state index contributed by atoms with van der Waals surface area (Å²) in [4.78, 5) is 0. The summed E-state index contributed by atoms with van der Waals surface area (Å²) in [5.74, 6) is 2.79. The zero-order chi connectivity index (χ0) is 8.10. The largest absolute Gasteiger partial charge is 0.392 e. The molecule has 0 saturated heterocycles. The fourth-order valence-corrected chi connectivity index (χ4v) is 2.28. The van der Waals surface area contributed by atoms with Crippen molar-refractivity contribution in [1.29, 1.82) is 0 Å². The van der Waals surface area contributed by atoms with E-state index in [-0.39, 0.29) is 6.10 Å². The maximum atomic E-state index is 9.57. The predicted molar refractivity (Wildman–Crippen MR) is 51.0 cm³/mol. The number of hydrogen-bond donors (Lipinski definition) is 1. The van der Waals surface area contributed by atoms with Crippen LogP contribution in [-0.4, -0.2) is 22.7 Å². The summed E-state index contributed by atoms with van der Waals surface area (Å²) in [6, 6.07) is 0. The third kappa shape index (κ3) is 3.04. The molecule has 1 fully saturated rings. The highest BCUT2D eigenvalue weighted by atomic mass is 32.2. The van der Waals surface area contributed by atoms with Gasteiger partial charge in [0.25, 0.3) is 0 Å². The molecule has 0 amide bonds. The van der Waals surface area contributed by atoms with Gasteiger partial charge < -0.3 is 5.11 Å². The van der Waals surface area contributed by atoms with Gasteiger partial charge in [-0.05, 0) is 30.9 Å². The summed E-state index contributed by atoms with van der Waals surface area (Å²) in [6.07, 6.45) is 5.06. The van der Waals surface area contributed by atoms with Crippen LogP contribution < -0.4 is 0 Å².